The van der Waals surface area contributed by atoms with Gasteiger partial charge in [-0.1, -0.05) is 6.07 Å². The number of ether oxygens (including phenoxy) is 2. The summed E-state index contributed by atoms with van der Waals surface area (Å²) < 4.78 is 12.5. The largest absolute Gasteiger partial charge is 0.454 e. The van der Waals surface area contributed by atoms with Gasteiger partial charge in [0, 0.05) is 25.0 Å². The van der Waals surface area contributed by atoms with Gasteiger partial charge in [0.2, 0.25) is 12.7 Å². The molecule has 5 rings (SSSR count). The van der Waals surface area contributed by atoms with E-state index in [1.54, 1.807) is 17.0 Å². The molecule has 3 aromatic heterocycles. The molecule has 10 nitrogen and oxygen atoms in total. The van der Waals surface area contributed by atoms with Crippen molar-refractivity contribution in [2.75, 3.05) is 12.1 Å². The summed E-state index contributed by atoms with van der Waals surface area (Å²) in [6.45, 7) is 2.50. The van der Waals surface area contributed by atoms with Crippen molar-refractivity contribution in [2.24, 2.45) is 0 Å². The van der Waals surface area contributed by atoms with Gasteiger partial charge in [-0.15, -0.1) is 0 Å². The minimum Gasteiger partial charge on any atom is -0.454 e. The van der Waals surface area contributed by atoms with Crippen LogP contribution in [-0.2, 0) is 6.54 Å². The number of aryl methyl sites for hydroxylation is 1. The summed E-state index contributed by atoms with van der Waals surface area (Å²) in [5.41, 5.74) is 0.964. The van der Waals surface area contributed by atoms with Gasteiger partial charge in [-0.3, -0.25) is 14.7 Å². The molecule has 0 aliphatic carbocycles. The third-order valence-electron chi connectivity index (χ3n) is 4.49. The second kappa shape index (κ2) is 6.71. The van der Waals surface area contributed by atoms with Crippen LogP contribution in [0, 0.1) is 17.0 Å². The van der Waals surface area contributed by atoms with Crippen LogP contribution in [0.2, 0.25) is 0 Å². The Labute approximate surface area is 167 Å². The normalized spacial score (nSPS) is 12.4. The van der Waals surface area contributed by atoms with E-state index in [-0.39, 0.29) is 11.8 Å². The molecule has 1 aromatic carbocycles. The van der Waals surface area contributed by atoms with Gasteiger partial charge in [-0.2, -0.15) is 4.98 Å². The number of fused-ring (bicyclic) bond motifs is 2. The number of hydrogen-bond acceptors (Lipinski definition) is 9. The molecule has 4 heterocycles. The van der Waals surface area contributed by atoms with E-state index in [4.69, 9.17) is 9.47 Å². The summed E-state index contributed by atoms with van der Waals surface area (Å²) in [6.07, 6.45) is 3.40. The third-order valence-corrected chi connectivity index (χ3v) is 5.47. The maximum Gasteiger partial charge on any atom is 0.326 e. The van der Waals surface area contributed by atoms with Crippen molar-refractivity contribution in [1.29, 1.82) is 0 Å². The highest BCUT2D eigenvalue weighted by atomic mass is 32.1. The Balaban J connectivity index is 1.53. The van der Waals surface area contributed by atoms with Crippen LogP contribution < -0.4 is 14.8 Å². The number of anilines is 1. The van der Waals surface area contributed by atoms with E-state index in [0.717, 1.165) is 22.7 Å². The summed E-state index contributed by atoms with van der Waals surface area (Å²) in [6, 6.07) is 7.16. The van der Waals surface area contributed by atoms with E-state index in [2.05, 4.69) is 20.3 Å². The molecule has 0 saturated heterocycles. The van der Waals surface area contributed by atoms with Crippen LogP contribution in [0.4, 0.5) is 10.8 Å². The van der Waals surface area contributed by atoms with Crippen molar-refractivity contribution in [2.45, 2.75) is 13.5 Å². The molecule has 0 atom stereocenters. The Morgan fingerprint density at radius 3 is 2.93 bits per heavy atom. The Morgan fingerprint density at radius 1 is 1.28 bits per heavy atom. The van der Waals surface area contributed by atoms with E-state index in [1.807, 2.05) is 25.1 Å². The minimum atomic E-state index is -0.421. The lowest BCUT2D eigenvalue weighted by molar-refractivity contribution is -0.380. The Bertz CT molecular complexity index is 1250. The van der Waals surface area contributed by atoms with E-state index in [0.29, 0.717) is 40.0 Å². The second-order valence-corrected chi connectivity index (χ2v) is 7.33. The van der Waals surface area contributed by atoms with Crippen molar-refractivity contribution in [3.8, 4) is 17.4 Å². The molecule has 4 aromatic rings. The summed E-state index contributed by atoms with van der Waals surface area (Å²) in [5.74, 6) is 3.04. The van der Waals surface area contributed by atoms with Crippen LogP contribution in [0.25, 0.3) is 16.2 Å². The number of benzene rings is 1. The first kappa shape index (κ1) is 17.4. The molecule has 0 radical (unpaired) electrons. The monoisotopic (exact) mass is 410 g/mol. The van der Waals surface area contributed by atoms with Crippen molar-refractivity contribution in [3.05, 3.63) is 58.2 Å². The maximum atomic E-state index is 11.2. The average Bonchev–Trinajstić information content (AvgIpc) is 3.44. The first-order chi connectivity index (χ1) is 14.1. The summed E-state index contributed by atoms with van der Waals surface area (Å²) in [4.78, 5) is 24.6. The van der Waals surface area contributed by atoms with Crippen LogP contribution in [-0.4, -0.2) is 31.2 Å². The molecule has 0 saturated carbocycles. The van der Waals surface area contributed by atoms with E-state index >= 15 is 0 Å². The number of rotatable bonds is 5. The molecule has 1 N–H and O–H groups in total. The maximum absolute atomic E-state index is 11.2. The third kappa shape index (κ3) is 3.10. The average molecular weight is 410 g/mol. The number of thiophene rings is 1. The van der Waals surface area contributed by atoms with Gasteiger partial charge in [0.05, 0.1) is 10.3 Å². The SMILES string of the molecule is Cc1nccn1-c1nc(NCc2ccc3c(c2)OCO3)c2cc([N+](=O)[O-])sc2n1. The van der Waals surface area contributed by atoms with Crippen LogP contribution in [0.3, 0.4) is 0 Å². The van der Waals surface area contributed by atoms with Crippen LogP contribution >= 0.6 is 11.3 Å². The Morgan fingerprint density at radius 2 is 2.14 bits per heavy atom. The standard InChI is InChI=1S/C18H14N6O4S/c1-10-19-4-5-23(10)18-21-16(12-7-15(24(25)26)29-17(12)22-18)20-8-11-2-3-13-14(6-11)28-9-27-13/h2-7H,8-9H2,1H3,(H,20,21,22). The molecule has 0 spiro atoms. The molecular formula is C18H14N6O4S. The number of nitrogens with one attached hydrogen (secondary N) is 1. The first-order valence-corrected chi connectivity index (χ1v) is 9.49. The zero-order valence-corrected chi connectivity index (χ0v) is 16.0. The van der Waals surface area contributed by atoms with E-state index in [1.165, 1.54) is 6.07 Å². The predicted octanol–water partition coefficient (Wildman–Crippen LogP) is 3.43. The highest BCUT2D eigenvalue weighted by Crippen LogP contribution is 2.35. The molecular weight excluding hydrogens is 396 g/mol. The van der Waals surface area contributed by atoms with Crippen molar-refractivity contribution < 1.29 is 14.4 Å². The zero-order chi connectivity index (χ0) is 20.0. The number of hydrogen-bond donors (Lipinski definition) is 1. The van der Waals surface area contributed by atoms with Gasteiger partial charge in [0.1, 0.15) is 16.5 Å². The van der Waals surface area contributed by atoms with Crippen LogP contribution in [0.15, 0.2) is 36.7 Å². The zero-order valence-electron chi connectivity index (χ0n) is 15.2. The lowest BCUT2D eigenvalue weighted by Gasteiger charge is -2.10. The van der Waals surface area contributed by atoms with Gasteiger partial charge in [-0.05, 0) is 36.0 Å². The molecule has 1 aliphatic heterocycles. The predicted molar refractivity (Wildman–Crippen MR) is 106 cm³/mol. The fraction of sp³-hybridized carbons (Fsp3) is 0.167. The van der Waals surface area contributed by atoms with Gasteiger partial charge in [-0.25, -0.2) is 9.97 Å². The van der Waals surface area contributed by atoms with Gasteiger partial charge in [0.25, 0.3) is 0 Å². The number of nitro groups is 1. The lowest BCUT2D eigenvalue weighted by atomic mass is 10.2. The highest BCUT2D eigenvalue weighted by Gasteiger charge is 2.19. The first-order valence-electron chi connectivity index (χ1n) is 8.67. The second-order valence-electron chi connectivity index (χ2n) is 6.32. The molecule has 0 amide bonds. The lowest BCUT2D eigenvalue weighted by Crippen LogP contribution is -2.07. The van der Waals surface area contributed by atoms with Crippen LogP contribution in [0.1, 0.15) is 11.4 Å². The van der Waals surface area contributed by atoms with Gasteiger partial charge >= 0.3 is 5.00 Å². The fourth-order valence-corrected chi connectivity index (χ4v) is 3.90. The Kier molecular flexibility index (Phi) is 4.02. The fourth-order valence-electron chi connectivity index (χ4n) is 3.06. The minimum absolute atomic E-state index is 0.0138. The van der Waals surface area contributed by atoms with E-state index < -0.39 is 4.92 Å². The topological polar surface area (TPSA) is 117 Å². The highest BCUT2D eigenvalue weighted by molar-refractivity contribution is 7.21. The number of imidazole rings is 1. The van der Waals surface area contributed by atoms with Crippen molar-refractivity contribution in [1.82, 2.24) is 19.5 Å². The summed E-state index contributed by atoms with van der Waals surface area (Å²) >= 11 is 1.01. The molecule has 11 heteroatoms. The van der Waals surface area contributed by atoms with Crippen molar-refractivity contribution in [3.63, 3.8) is 0 Å². The molecule has 1 aliphatic rings. The van der Waals surface area contributed by atoms with Crippen molar-refractivity contribution >= 4 is 32.4 Å². The molecule has 0 unspecified atom stereocenters. The quantitative estimate of drug-likeness (QED) is 0.393. The molecule has 0 fully saturated rings. The van der Waals surface area contributed by atoms with E-state index in [9.17, 15) is 10.1 Å². The summed E-state index contributed by atoms with van der Waals surface area (Å²) in [7, 11) is 0. The molecule has 146 valence electrons. The van der Waals surface area contributed by atoms with Gasteiger partial charge in [0.15, 0.2) is 11.5 Å². The smallest absolute Gasteiger partial charge is 0.326 e. The number of nitrogens with zero attached hydrogens (tertiary/aromatic N) is 5. The van der Waals surface area contributed by atoms with Gasteiger partial charge < -0.3 is 14.8 Å². The van der Waals surface area contributed by atoms with Crippen LogP contribution in [0.5, 0.6) is 11.5 Å². The Hall–Kier alpha value is -3.73. The number of aromatic nitrogens is 4. The molecule has 0 bridgehead atoms. The molecule has 29 heavy (non-hydrogen) atoms. The summed E-state index contributed by atoms with van der Waals surface area (Å²) in [5, 5.41) is 15.1.